The number of allylic oxidation sites excluding steroid dienone is 6. The van der Waals surface area contributed by atoms with Crippen molar-refractivity contribution in [3.63, 3.8) is 0 Å². The van der Waals surface area contributed by atoms with Gasteiger partial charge in [-0.05, 0) is 47.3 Å². The van der Waals surface area contributed by atoms with Gasteiger partial charge < -0.3 is 0 Å². The molecule has 24 heavy (non-hydrogen) atoms. The van der Waals surface area contributed by atoms with Crippen molar-refractivity contribution >= 4 is 11.1 Å². The van der Waals surface area contributed by atoms with Crippen molar-refractivity contribution < 1.29 is 0 Å². The van der Waals surface area contributed by atoms with E-state index in [1.165, 1.54) is 0 Å². The van der Waals surface area contributed by atoms with Gasteiger partial charge in [0, 0.05) is 5.57 Å². The van der Waals surface area contributed by atoms with Crippen LogP contribution in [-0.4, -0.2) is 0 Å². The fourth-order valence-corrected chi connectivity index (χ4v) is 3.19. The molecule has 2 aromatic rings. The molecule has 0 fully saturated rings. The highest BCUT2D eigenvalue weighted by Crippen LogP contribution is 2.47. The largest absolute Gasteiger partial charge is 0.192 e. The van der Waals surface area contributed by atoms with Gasteiger partial charge in [0.2, 0.25) is 0 Å². The number of benzene rings is 2. The van der Waals surface area contributed by atoms with E-state index in [0.717, 1.165) is 39.0 Å². The Bertz CT molecular complexity index is 881. The number of hydrogen-bond donors (Lipinski definition) is 0. The van der Waals surface area contributed by atoms with E-state index < -0.39 is 0 Å². The molecule has 1 aliphatic rings. The molecule has 0 N–H and O–H groups in total. The van der Waals surface area contributed by atoms with Gasteiger partial charge in [0.1, 0.15) is 17.7 Å². The summed E-state index contributed by atoms with van der Waals surface area (Å²) in [4.78, 5) is 0. The molecule has 0 atom stereocenters. The SMILES string of the molecule is CC1=C(c2ccccc2)C(=C(C#N)C#N)C(c2ccccc2)=C1C. The minimum absolute atomic E-state index is 0.156. The molecule has 2 aromatic carbocycles. The van der Waals surface area contributed by atoms with E-state index in [2.05, 4.69) is 26.0 Å². The molecule has 114 valence electrons. The average molecular weight is 308 g/mol. The van der Waals surface area contributed by atoms with Crippen LogP contribution in [0.2, 0.25) is 0 Å². The predicted molar refractivity (Wildman–Crippen MR) is 96.3 cm³/mol. The lowest BCUT2D eigenvalue weighted by Crippen LogP contribution is -1.95. The van der Waals surface area contributed by atoms with Gasteiger partial charge in [0.15, 0.2) is 0 Å². The quantitative estimate of drug-likeness (QED) is 0.707. The lowest BCUT2D eigenvalue weighted by Gasteiger charge is -2.12. The summed E-state index contributed by atoms with van der Waals surface area (Å²) in [7, 11) is 0. The fraction of sp³-hybridized carbons (Fsp3) is 0.0909. The lowest BCUT2D eigenvalue weighted by atomic mass is 9.89. The smallest absolute Gasteiger partial charge is 0.138 e. The Labute approximate surface area is 142 Å². The molecular weight excluding hydrogens is 292 g/mol. The van der Waals surface area contributed by atoms with Crippen LogP contribution in [0.25, 0.3) is 11.1 Å². The Morgan fingerprint density at radius 3 is 1.38 bits per heavy atom. The van der Waals surface area contributed by atoms with E-state index in [4.69, 9.17) is 0 Å². The summed E-state index contributed by atoms with van der Waals surface area (Å²) >= 11 is 0. The van der Waals surface area contributed by atoms with Crippen molar-refractivity contribution in [2.45, 2.75) is 13.8 Å². The van der Waals surface area contributed by atoms with E-state index >= 15 is 0 Å². The zero-order valence-corrected chi connectivity index (χ0v) is 13.7. The molecule has 2 heteroatoms. The van der Waals surface area contributed by atoms with Crippen molar-refractivity contribution in [2.24, 2.45) is 0 Å². The summed E-state index contributed by atoms with van der Waals surface area (Å²) in [6.07, 6.45) is 0. The van der Waals surface area contributed by atoms with Crippen LogP contribution in [-0.2, 0) is 0 Å². The maximum Gasteiger partial charge on any atom is 0.138 e. The summed E-state index contributed by atoms with van der Waals surface area (Å²) in [6, 6.07) is 24.1. The summed E-state index contributed by atoms with van der Waals surface area (Å²) in [5.41, 5.74) is 7.12. The molecule has 0 amide bonds. The Morgan fingerprint density at radius 2 is 1.04 bits per heavy atom. The first-order chi connectivity index (χ1) is 11.7. The number of nitriles is 2. The maximum absolute atomic E-state index is 9.51. The highest BCUT2D eigenvalue weighted by Gasteiger charge is 2.29. The van der Waals surface area contributed by atoms with Crippen molar-refractivity contribution in [3.8, 4) is 12.1 Å². The molecule has 0 saturated carbocycles. The Kier molecular flexibility index (Phi) is 4.15. The van der Waals surface area contributed by atoms with Gasteiger partial charge >= 0.3 is 0 Å². The van der Waals surface area contributed by atoms with Crippen LogP contribution in [0, 0.1) is 22.7 Å². The Hall–Kier alpha value is -3.36. The van der Waals surface area contributed by atoms with E-state index in [9.17, 15) is 10.5 Å². The summed E-state index contributed by atoms with van der Waals surface area (Å²) in [5, 5.41) is 19.0. The van der Waals surface area contributed by atoms with E-state index in [1.807, 2.05) is 60.7 Å². The van der Waals surface area contributed by atoms with Crippen molar-refractivity contribution in [1.29, 1.82) is 10.5 Å². The molecular formula is C22H16N2. The Balaban J connectivity index is 2.34. The minimum atomic E-state index is 0.156. The number of hydrogen-bond acceptors (Lipinski definition) is 2. The molecule has 1 aliphatic carbocycles. The third-order valence-corrected chi connectivity index (χ3v) is 4.41. The topological polar surface area (TPSA) is 47.6 Å². The summed E-state index contributed by atoms with van der Waals surface area (Å²) in [6.45, 7) is 4.11. The number of nitrogens with zero attached hydrogens (tertiary/aromatic N) is 2. The fourth-order valence-electron chi connectivity index (χ4n) is 3.19. The molecule has 0 spiro atoms. The van der Waals surface area contributed by atoms with Crippen LogP contribution in [0.1, 0.15) is 25.0 Å². The normalized spacial score (nSPS) is 13.8. The van der Waals surface area contributed by atoms with Gasteiger partial charge in [-0.15, -0.1) is 0 Å². The van der Waals surface area contributed by atoms with Crippen LogP contribution >= 0.6 is 0 Å². The summed E-state index contributed by atoms with van der Waals surface area (Å²) in [5.74, 6) is 0. The van der Waals surface area contributed by atoms with Gasteiger partial charge in [-0.1, -0.05) is 60.7 Å². The maximum atomic E-state index is 9.51. The molecule has 0 aromatic heterocycles. The Morgan fingerprint density at radius 1 is 0.667 bits per heavy atom. The third kappa shape index (κ3) is 2.45. The second-order valence-electron chi connectivity index (χ2n) is 5.71. The standard InChI is InChI=1S/C22H16N2/c1-15-16(2)21(18-11-7-4-8-12-18)22(19(13-23)14-24)20(15)17-9-5-3-6-10-17/h3-12H,1-2H3. The minimum Gasteiger partial charge on any atom is -0.192 e. The van der Waals surface area contributed by atoms with E-state index in [0.29, 0.717) is 0 Å². The molecule has 0 bridgehead atoms. The average Bonchev–Trinajstić information content (AvgIpc) is 2.89. The van der Waals surface area contributed by atoms with Gasteiger partial charge in [-0.3, -0.25) is 0 Å². The first kappa shape index (κ1) is 15.5. The summed E-state index contributed by atoms with van der Waals surface area (Å²) < 4.78 is 0. The van der Waals surface area contributed by atoms with Gasteiger partial charge in [-0.2, -0.15) is 10.5 Å². The predicted octanol–water partition coefficient (Wildman–Crippen LogP) is 5.29. The van der Waals surface area contributed by atoms with Crippen LogP contribution in [0.15, 0.2) is 83.0 Å². The van der Waals surface area contributed by atoms with Crippen LogP contribution < -0.4 is 0 Å². The highest BCUT2D eigenvalue weighted by atomic mass is 14.4. The second-order valence-corrected chi connectivity index (χ2v) is 5.71. The molecule has 0 unspecified atom stereocenters. The first-order valence-electron chi connectivity index (χ1n) is 7.77. The molecule has 3 rings (SSSR count). The molecule has 2 nitrogen and oxygen atoms in total. The van der Waals surface area contributed by atoms with Crippen LogP contribution in [0.5, 0.6) is 0 Å². The first-order valence-corrected chi connectivity index (χ1v) is 7.77. The number of rotatable bonds is 2. The second kappa shape index (κ2) is 6.41. The van der Waals surface area contributed by atoms with Crippen molar-refractivity contribution in [2.75, 3.05) is 0 Å². The third-order valence-electron chi connectivity index (χ3n) is 4.41. The van der Waals surface area contributed by atoms with E-state index in [-0.39, 0.29) is 5.57 Å². The molecule has 0 radical (unpaired) electrons. The van der Waals surface area contributed by atoms with Crippen molar-refractivity contribution in [1.82, 2.24) is 0 Å². The van der Waals surface area contributed by atoms with Gasteiger partial charge in [0.05, 0.1) is 0 Å². The zero-order valence-electron chi connectivity index (χ0n) is 13.7. The highest BCUT2D eigenvalue weighted by molar-refractivity contribution is 6.09. The molecule has 0 saturated heterocycles. The van der Waals surface area contributed by atoms with Gasteiger partial charge in [-0.25, -0.2) is 0 Å². The lowest BCUT2D eigenvalue weighted by molar-refractivity contribution is 1.38. The van der Waals surface area contributed by atoms with Crippen LogP contribution in [0.4, 0.5) is 0 Å². The molecule has 0 aliphatic heterocycles. The molecule has 0 heterocycles. The van der Waals surface area contributed by atoms with Gasteiger partial charge in [0.25, 0.3) is 0 Å². The monoisotopic (exact) mass is 308 g/mol. The van der Waals surface area contributed by atoms with Crippen LogP contribution in [0.3, 0.4) is 0 Å². The van der Waals surface area contributed by atoms with E-state index in [1.54, 1.807) is 0 Å². The van der Waals surface area contributed by atoms with Crippen molar-refractivity contribution in [3.05, 3.63) is 94.1 Å². The zero-order chi connectivity index (χ0) is 17.1.